The van der Waals surface area contributed by atoms with E-state index < -0.39 is 28.7 Å². The van der Waals surface area contributed by atoms with Gasteiger partial charge in [-0.25, -0.2) is 15.0 Å². The van der Waals surface area contributed by atoms with Crippen molar-refractivity contribution in [2.45, 2.75) is 32.5 Å². The lowest BCUT2D eigenvalue weighted by Crippen LogP contribution is -2.46. The zero-order valence-corrected chi connectivity index (χ0v) is 16.8. The number of aryl methyl sites for hydroxylation is 1. The SMILES string of the molecule is Cc1ccnc(N2NNC3=C2CCN(C(=O)c2cccc(C(F)(F)F)c2Cl)C3C)n1. The molecule has 158 valence electrons. The van der Waals surface area contributed by atoms with Crippen molar-refractivity contribution >= 4 is 23.5 Å². The molecule has 30 heavy (non-hydrogen) atoms. The van der Waals surface area contributed by atoms with Crippen LogP contribution in [-0.2, 0) is 6.18 Å². The molecule has 2 aliphatic heterocycles. The van der Waals surface area contributed by atoms with Crippen LogP contribution in [0, 0.1) is 6.92 Å². The van der Waals surface area contributed by atoms with E-state index in [1.54, 1.807) is 24.2 Å². The van der Waals surface area contributed by atoms with E-state index in [1.807, 2.05) is 6.92 Å². The number of amides is 1. The molecule has 1 aromatic carbocycles. The number of hydrazine groups is 2. The predicted molar refractivity (Wildman–Crippen MR) is 104 cm³/mol. The molecule has 3 heterocycles. The van der Waals surface area contributed by atoms with Gasteiger partial charge in [0, 0.05) is 24.9 Å². The van der Waals surface area contributed by atoms with Crippen molar-refractivity contribution in [3.63, 3.8) is 0 Å². The molecule has 11 heteroatoms. The first kappa shape index (κ1) is 20.4. The molecule has 2 aliphatic rings. The molecule has 0 saturated heterocycles. The van der Waals surface area contributed by atoms with E-state index in [-0.39, 0.29) is 5.56 Å². The summed E-state index contributed by atoms with van der Waals surface area (Å²) in [4.78, 5) is 23.2. The lowest BCUT2D eigenvalue weighted by molar-refractivity contribution is -0.137. The molecule has 1 amide bonds. The Kier molecular flexibility index (Phi) is 5.07. The summed E-state index contributed by atoms with van der Waals surface area (Å²) in [6, 6.07) is 4.72. The molecule has 0 fully saturated rings. The van der Waals surface area contributed by atoms with Gasteiger partial charge in [0.25, 0.3) is 5.91 Å². The molecule has 0 saturated carbocycles. The maximum atomic E-state index is 13.2. The number of hydrogen-bond acceptors (Lipinski definition) is 6. The largest absolute Gasteiger partial charge is 0.417 e. The van der Waals surface area contributed by atoms with E-state index in [4.69, 9.17) is 11.6 Å². The van der Waals surface area contributed by atoms with Crippen LogP contribution >= 0.6 is 11.6 Å². The summed E-state index contributed by atoms with van der Waals surface area (Å²) in [6.07, 6.45) is -2.53. The second-order valence-corrected chi connectivity index (χ2v) is 7.40. The minimum atomic E-state index is -4.64. The molecule has 0 spiro atoms. The Hall–Kier alpha value is -2.85. The van der Waals surface area contributed by atoms with Crippen LogP contribution in [0.3, 0.4) is 0 Å². The number of alkyl halides is 3. The fourth-order valence-electron chi connectivity index (χ4n) is 3.61. The van der Waals surface area contributed by atoms with Crippen LogP contribution < -0.4 is 16.0 Å². The third kappa shape index (κ3) is 3.46. The molecule has 0 bridgehead atoms. The second-order valence-electron chi connectivity index (χ2n) is 7.02. The number of hydrogen-bond donors (Lipinski definition) is 2. The average Bonchev–Trinajstić information content (AvgIpc) is 3.12. The number of nitrogens with one attached hydrogen (secondary N) is 2. The number of carbonyl (C=O) groups excluding carboxylic acids is 1. The van der Waals surface area contributed by atoms with Crippen LogP contribution in [0.25, 0.3) is 0 Å². The van der Waals surface area contributed by atoms with Gasteiger partial charge in [0.1, 0.15) is 0 Å². The van der Waals surface area contributed by atoms with E-state index in [2.05, 4.69) is 20.9 Å². The zero-order valence-electron chi connectivity index (χ0n) is 16.1. The van der Waals surface area contributed by atoms with Gasteiger partial charge in [-0.2, -0.15) is 13.2 Å². The highest BCUT2D eigenvalue weighted by Crippen LogP contribution is 2.37. The Labute approximate surface area is 175 Å². The Bertz CT molecular complexity index is 1040. The Morgan fingerprint density at radius 3 is 2.77 bits per heavy atom. The first-order chi connectivity index (χ1) is 14.2. The molecular formula is C19H18ClF3N6O. The maximum absolute atomic E-state index is 13.2. The van der Waals surface area contributed by atoms with Gasteiger partial charge in [0.05, 0.1) is 33.6 Å². The predicted octanol–water partition coefficient (Wildman–Crippen LogP) is 3.43. The van der Waals surface area contributed by atoms with Crippen LogP contribution in [0.4, 0.5) is 19.1 Å². The summed E-state index contributed by atoms with van der Waals surface area (Å²) in [7, 11) is 0. The van der Waals surface area contributed by atoms with E-state index in [9.17, 15) is 18.0 Å². The van der Waals surface area contributed by atoms with Crippen LogP contribution in [0.2, 0.25) is 5.02 Å². The number of benzene rings is 1. The second kappa shape index (κ2) is 7.44. The Balaban J connectivity index is 1.62. The van der Waals surface area contributed by atoms with Crippen molar-refractivity contribution in [1.82, 2.24) is 25.8 Å². The van der Waals surface area contributed by atoms with Crippen molar-refractivity contribution < 1.29 is 18.0 Å². The molecule has 1 aromatic heterocycles. The molecule has 0 aliphatic carbocycles. The highest BCUT2D eigenvalue weighted by atomic mass is 35.5. The molecular weight excluding hydrogens is 421 g/mol. The number of halogens is 4. The normalized spacial score (nSPS) is 19.1. The summed E-state index contributed by atoms with van der Waals surface area (Å²) in [5.74, 6) is -0.0994. The van der Waals surface area contributed by atoms with Gasteiger partial charge in [-0.15, -0.1) is 5.53 Å². The summed E-state index contributed by atoms with van der Waals surface area (Å²) in [6.45, 7) is 3.95. The topological polar surface area (TPSA) is 73.4 Å². The van der Waals surface area contributed by atoms with Crippen LogP contribution in [0.1, 0.15) is 35.0 Å². The number of rotatable bonds is 2. The van der Waals surface area contributed by atoms with Gasteiger partial charge in [0.15, 0.2) is 0 Å². The van der Waals surface area contributed by atoms with Crippen LogP contribution in [-0.4, -0.2) is 33.4 Å². The maximum Gasteiger partial charge on any atom is 0.417 e. The van der Waals surface area contributed by atoms with Gasteiger partial charge in [0.2, 0.25) is 5.95 Å². The van der Waals surface area contributed by atoms with Gasteiger partial charge in [-0.3, -0.25) is 4.79 Å². The van der Waals surface area contributed by atoms with Gasteiger partial charge in [-0.05, 0) is 32.0 Å². The minimum Gasteiger partial charge on any atom is -0.330 e. The van der Waals surface area contributed by atoms with Crippen LogP contribution in [0.15, 0.2) is 41.9 Å². The molecule has 1 unspecified atom stereocenters. The Morgan fingerprint density at radius 2 is 2.07 bits per heavy atom. The number of nitrogens with zero attached hydrogens (tertiary/aromatic N) is 4. The van der Waals surface area contributed by atoms with Gasteiger partial charge in [-0.1, -0.05) is 17.7 Å². The molecule has 0 radical (unpaired) electrons. The van der Waals surface area contributed by atoms with Crippen molar-refractivity contribution in [3.8, 4) is 0 Å². The van der Waals surface area contributed by atoms with Gasteiger partial charge < -0.3 is 10.3 Å². The van der Waals surface area contributed by atoms with Crippen molar-refractivity contribution in [3.05, 3.63) is 63.7 Å². The van der Waals surface area contributed by atoms with Crippen molar-refractivity contribution in [1.29, 1.82) is 0 Å². The number of aromatic nitrogens is 2. The highest BCUT2D eigenvalue weighted by molar-refractivity contribution is 6.34. The lowest BCUT2D eigenvalue weighted by atomic mass is 10.0. The van der Waals surface area contributed by atoms with Gasteiger partial charge >= 0.3 is 6.18 Å². The number of anilines is 1. The van der Waals surface area contributed by atoms with E-state index >= 15 is 0 Å². The van der Waals surface area contributed by atoms with E-state index in [0.29, 0.717) is 18.9 Å². The van der Waals surface area contributed by atoms with Crippen molar-refractivity contribution in [2.24, 2.45) is 0 Å². The quantitative estimate of drug-likeness (QED) is 0.748. The standard InChI is InChI=1S/C19H18ClF3N6O/c1-10-6-8-24-18(25-10)29-14-7-9-28(11(2)16(14)26-27-29)17(30)12-4-3-5-13(15(12)20)19(21,22)23/h3-6,8,11,26-27H,7,9H2,1-2H3. The Morgan fingerprint density at radius 1 is 1.30 bits per heavy atom. The summed E-state index contributed by atoms with van der Waals surface area (Å²) < 4.78 is 39.5. The zero-order chi connectivity index (χ0) is 21.6. The molecule has 7 nitrogen and oxygen atoms in total. The lowest BCUT2D eigenvalue weighted by Gasteiger charge is -2.35. The molecule has 4 rings (SSSR count). The smallest absolute Gasteiger partial charge is 0.330 e. The third-order valence-corrected chi connectivity index (χ3v) is 5.54. The average molecular weight is 439 g/mol. The third-order valence-electron chi connectivity index (χ3n) is 5.14. The fourth-order valence-corrected chi connectivity index (χ4v) is 3.92. The molecule has 1 atom stereocenters. The fraction of sp³-hybridized carbons (Fsp3) is 0.316. The first-order valence-corrected chi connectivity index (χ1v) is 9.57. The minimum absolute atomic E-state index is 0.174. The highest BCUT2D eigenvalue weighted by Gasteiger charge is 2.39. The number of carbonyl (C=O) groups is 1. The van der Waals surface area contributed by atoms with Crippen molar-refractivity contribution in [2.75, 3.05) is 11.6 Å². The monoisotopic (exact) mass is 438 g/mol. The van der Waals surface area contributed by atoms with E-state index in [1.165, 1.54) is 17.0 Å². The van der Waals surface area contributed by atoms with Crippen LogP contribution in [0.5, 0.6) is 0 Å². The summed E-state index contributed by atoms with van der Waals surface area (Å²) in [5.41, 5.74) is 7.21. The summed E-state index contributed by atoms with van der Waals surface area (Å²) >= 11 is 5.95. The van der Waals surface area contributed by atoms with E-state index in [0.717, 1.165) is 23.2 Å². The molecule has 2 aromatic rings. The summed E-state index contributed by atoms with van der Waals surface area (Å²) in [5, 5.41) is 1.12. The first-order valence-electron chi connectivity index (χ1n) is 9.19. The molecule has 2 N–H and O–H groups in total.